The maximum absolute atomic E-state index is 15.4. The Labute approximate surface area is 221 Å². The summed E-state index contributed by atoms with van der Waals surface area (Å²) < 4.78 is 88.6. The quantitative estimate of drug-likeness (QED) is 0.135. The second-order valence-corrected chi connectivity index (χ2v) is 12.9. The molecule has 0 spiro atoms. The van der Waals surface area contributed by atoms with Crippen LogP contribution >= 0.6 is 23.5 Å². The van der Waals surface area contributed by atoms with Crippen LogP contribution in [0.5, 0.6) is 0 Å². The van der Waals surface area contributed by atoms with Crippen LogP contribution in [0.3, 0.4) is 0 Å². The second kappa shape index (κ2) is 9.96. The smallest absolute Gasteiger partial charge is 0.297 e. The average Bonchev–Trinajstić information content (AvgIpc) is 3.45. The highest BCUT2D eigenvalue weighted by Crippen LogP contribution is 2.75. The highest BCUT2D eigenvalue weighted by atomic mass is 32.2. The minimum absolute atomic E-state index is 0.0426. The monoisotopic (exact) mass is 564 g/mol. The molecular weight excluding hydrogens is 534 g/mol. The average molecular weight is 565 g/mol. The Balaban J connectivity index is 2.04. The highest BCUT2D eigenvalue weighted by molar-refractivity contribution is 8.10. The van der Waals surface area contributed by atoms with Gasteiger partial charge >= 0.3 is 17.8 Å². The fourth-order valence-electron chi connectivity index (χ4n) is 6.16. The molecule has 2 heterocycles. The van der Waals surface area contributed by atoms with Gasteiger partial charge in [-0.1, -0.05) is 65.2 Å². The number of thioether (sulfide) groups is 2. The summed E-state index contributed by atoms with van der Waals surface area (Å²) in [6.07, 6.45) is 9.65. The van der Waals surface area contributed by atoms with Crippen LogP contribution in [0.4, 0.5) is 26.3 Å². The SMILES string of the molecule is CCCCCCC12SC(C=O)=CC1=C1C(=C3C=C(C=O)SC32CCCCCC)C(F)(F)C(F)(F)C1(F)F. The van der Waals surface area contributed by atoms with Crippen molar-refractivity contribution in [3.63, 3.8) is 0 Å². The van der Waals surface area contributed by atoms with Crippen molar-refractivity contribution in [3.05, 3.63) is 44.3 Å². The van der Waals surface area contributed by atoms with Gasteiger partial charge in [-0.25, -0.2) is 0 Å². The number of fused-ring (bicyclic) bond motifs is 4. The van der Waals surface area contributed by atoms with E-state index < -0.39 is 38.4 Å². The molecule has 2 nitrogen and oxygen atoms in total. The van der Waals surface area contributed by atoms with Crippen molar-refractivity contribution in [2.24, 2.45) is 0 Å². The molecule has 0 N–H and O–H groups in total. The minimum atomic E-state index is -5.65. The number of carbonyl (C=O) groups is 2. The van der Waals surface area contributed by atoms with Gasteiger partial charge in [-0.15, -0.1) is 23.5 Å². The number of halogens is 6. The standard InChI is InChI=1S/C27H30F6O2S2/c1-3-5-7-9-11-23-19(13-17(15-34)36-23)21-22(26(30,31)27(32,33)25(21,28)29)20-14-18(16-35)37-24(20,23)12-10-8-6-4-2/h13-16H,3-12H2,1-2H3. The predicted octanol–water partition coefficient (Wildman–Crippen LogP) is 8.59. The summed E-state index contributed by atoms with van der Waals surface area (Å²) in [5.74, 6) is -15.9. The molecule has 4 aliphatic rings. The van der Waals surface area contributed by atoms with Crippen molar-refractivity contribution in [3.8, 4) is 0 Å². The van der Waals surface area contributed by atoms with Crippen LogP contribution in [-0.4, -0.2) is 39.8 Å². The van der Waals surface area contributed by atoms with Gasteiger partial charge in [0.15, 0.2) is 12.6 Å². The molecule has 0 amide bonds. The van der Waals surface area contributed by atoms with Crippen LogP contribution in [-0.2, 0) is 9.59 Å². The lowest BCUT2D eigenvalue weighted by Gasteiger charge is -2.51. The number of aldehydes is 2. The number of rotatable bonds is 12. The summed E-state index contributed by atoms with van der Waals surface area (Å²) in [5.41, 5.74) is -3.35. The number of hydrogen-bond donors (Lipinski definition) is 0. The van der Waals surface area contributed by atoms with E-state index >= 15 is 17.6 Å². The lowest BCUT2D eigenvalue weighted by Crippen LogP contribution is -2.53. The third-order valence-electron chi connectivity index (χ3n) is 7.88. The Morgan fingerprint density at radius 1 is 0.649 bits per heavy atom. The Kier molecular flexibility index (Phi) is 7.69. The van der Waals surface area contributed by atoms with Gasteiger partial charge in [-0.05, 0) is 36.1 Å². The summed E-state index contributed by atoms with van der Waals surface area (Å²) in [6, 6.07) is 0. The maximum Gasteiger partial charge on any atom is 0.380 e. The van der Waals surface area contributed by atoms with Crippen LogP contribution in [0.2, 0.25) is 0 Å². The van der Waals surface area contributed by atoms with E-state index in [1.807, 2.05) is 13.8 Å². The van der Waals surface area contributed by atoms with Gasteiger partial charge in [0.25, 0.3) is 0 Å². The van der Waals surface area contributed by atoms with Crippen LogP contribution in [0, 0.1) is 0 Å². The third-order valence-corrected chi connectivity index (χ3v) is 11.2. The van der Waals surface area contributed by atoms with Crippen molar-refractivity contribution < 1.29 is 35.9 Å². The van der Waals surface area contributed by atoms with Crippen LogP contribution in [0.15, 0.2) is 44.3 Å². The fraction of sp³-hybridized carbons (Fsp3) is 0.630. The zero-order valence-corrected chi connectivity index (χ0v) is 22.4. The molecule has 2 aliphatic heterocycles. The molecule has 0 aromatic heterocycles. The van der Waals surface area contributed by atoms with Crippen molar-refractivity contribution in [2.75, 3.05) is 0 Å². The third kappa shape index (κ3) is 3.85. The first-order valence-electron chi connectivity index (χ1n) is 12.8. The first-order chi connectivity index (χ1) is 17.4. The Morgan fingerprint density at radius 2 is 1.03 bits per heavy atom. The molecule has 0 saturated heterocycles. The van der Waals surface area contributed by atoms with E-state index in [9.17, 15) is 18.4 Å². The molecule has 0 aromatic rings. The van der Waals surface area contributed by atoms with E-state index in [4.69, 9.17) is 0 Å². The van der Waals surface area contributed by atoms with Gasteiger partial charge in [-0.2, -0.15) is 26.3 Å². The zero-order chi connectivity index (χ0) is 27.3. The van der Waals surface area contributed by atoms with Crippen LogP contribution in [0.1, 0.15) is 78.1 Å². The van der Waals surface area contributed by atoms with Crippen molar-refractivity contribution >= 4 is 36.1 Å². The van der Waals surface area contributed by atoms with E-state index in [0.717, 1.165) is 74.2 Å². The number of unbranched alkanes of at least 4 members (excludes halogenated alkanes) is 6. The number of allylic oxidation sites excluding steroid dienone is 6. The first-order valence-corrected chi connectivity index (χ1v) is 14.4. The van der Waals surface area contributed by atoms with Gasteiger partial charge in [0.2, 0.25) is 0 Å². The molecule has 4 rings (SSSR count). The fourth-order valence-corrected chi connectivity index (χ4v) is 9.46. The molecule has 2 atom stereocenters. The van der Waals surface area contributed by atoms with E-state index in [1.165, 1.54) is 0 Å². The summed E-state index contributed by atoms with van der Waals surface area (Å²) >= 11 is 2.02. The Morgan fingerprint density at radius 3 is 1.35 bits per heavy atom. The van der Waals surface area contributed by atoms with Crippen molar-refractivity contribution in [2.45, 2.75) is 105 Å². The van der Waals surface area contributed by atoms with Crippen LogP contribution in [0.25, 0.3) is 0 Å². The molecule has 37 heavy (non-hydrogen) atoms. The molecule has 1 fully saturated rings. The molecule has 2 unspecified atom stereocenters. The van der Waals surface area contributed by atoms with E-state index in [-0.39, 0.29) is 33.8 Å². The molecule has 10 heteroatoms. The largest absolute Gasteiger partial charge is 0.380 e. The normalized spacial score (nSPS) is 30.6. The van der Waals surface area contributed by atoms with Gasteiger partial charge in [0, 0.05) is 21.0 Å². The number of carbonyl (C=O) groups excluding carboxylic acids is 2. The Bertz CT molecular complexity index is 1020. The van der Waals surface area contributed by atoms with E-state index in [0.29, 0.717) is 25.4 Å². The van der Waals surface area contributed by atoms with E-state index in [2.05, 4.69) is 0 Å². The molecule has 0 bridgehead atoms. The highest BCUT2D eigenvalue weighted by Gasteiger charge is 2.84. The number of hydrogen-bond acceptors (Lipinski definition) is 4. The van der Waals surface area contributed by atoms with Gasteiger partial charge < -0.3 is 0 Å². The Hall–Kier alpha value is -1.42. The lowest BCUT2D eigenvalue weighted by atomic mass is 9.66. The zero-order valence-electron chi connectivity index (χ0n) is 20.8. The molecular formula is C27H30F6O2S2. The predicted molar refractivity (Wildman–Crippen MR) is 135 cm³/mol. The summed E-state index contributed by atoms with van der Waals surface area (Å²) in [7, 11) is 0. The molecule has 204 valence electrons. The summed E-state index contributed by atoms with van der Waals surface area (Å²) in [4.78, 5) is 23.9. The van der Waals surface area contributed by atoms with Crippen molar-refractivity contribution in [1.82, 2.24) is 0 Å². The van der Waals surface area contributed by atoms with E-state index in [1.54, 1.807) is 0 Å². The molecule has 1 saturated carbocycles. The lowest BCUT2D eigenvalue weighted by molar-refractivity contribution is -0.258. The summed E-state index contributed by atoms with van der Waals surface area (Å²) in [5, 5.41) is 0. The molecule has 0 aromatic carbocycles. The van der Waals surface area contributed by atoms with Gasteiger partial charge in [0.1, 0.15) is 0 Å². The van der Waals surface area contributed by atoms with Gasteiger partial charge in [-0.3, -0.25) is 9.59 Å². The molecule has 2 aliphatic carbocycles. The second-order valence-electron chi connectivity index (χ2n) is 10.1. The topological polar surface area (TPSA) is 34.1 Å². The summed E-state index contributed by atoms with van der Waals surface area (Å²) in [6.45, 7) is 4.00. The number of alkyl halides is 6. The first kappa shape index (κ1) is 28.6. The maximum atomic E-state index is 15.4. The molecule has 0 radical (unpaired) electrons. The van der Waals surface area contributed by atoms with Crippen LogP contribution < -0.4 is 0 Å². The minimum Gasteiger partial charge on any atom is -0.297 e. The van der Waals surface area contributed by atoms with Crippen molar-refractivity contribution in [1.29, 1.82) is 0 Å². The van der Waals surface area contributed by atoms with Gasteiger partial charge in [0.05, 0.1) is 9.49 Å².